The second-order valence-corrected chi connectivity index (χ2v) is 16.8. The Labute approximate surface area is 367 Å². The number of hydrogen-bond donors (Lipinski definition) is 0. The first-order valence-corrected chi connectivity index (χ1v) is 21.5. The van der Waals surface area contributed by atoms with E-state index >= 15 is 0 Å². The largest absolute Gasteiger partial charge is 0.466 e. The highest BCUT2D eigenvalue weighted by atomic mass is 35.5. The van der Waals surface area contributed by atoms with Crippen LogP contribution in [0.25, 0.3) is 6.08 Å². The van der Waals surface area contributed by atoms with Crippen LogP contribution in [0.15, 0.2) is 84.9 Å². The van der Waals surface area contributed by atoms with Crippen molar-refractivity contribution in [2.24, 2.45) is 23.7 Å². The smallest absolute Gasteiger partial charge is 0.314 e. The van der Waals surface area contributed by atoms with Gasteiger partial charge in [0.1, 0.15) is 28.7 Å². The molecule has 0 bridgehead atoms. The maximum atomic E-state index is 13.5. The predicted molar refractivity (Wildman–Crippen MR) is 227 cm³/mol. The van der Waals surface area contributed by atoms with Gasteiger partial charge >= 0.3 is 35.8 Å². The number of rotatable bonds is 15. The average Bonchev–Trinajstić information content (AvgIpc) is 3.70. The summed E-state index contributed by atoms with van der Waals surface area (Å²) in [6.45, 7) is 2.90. The van der Waals surface area contributed by atoms with Crippen molar-refractivity contribution in [3.05, 3.63) is 105 Å². The summed E-state index contributed by atoms with van der Waals surface area (Å²) in [6.07, 6.45) is 6.63. The highest BCUT2D eigenvalue weighted by molar-refractivity contribution is 7.18. The van der Waals surface area contributed by atoms with Crippen LogP contribution >= 0.6 is 22.9 Å². The second kappa shape index (κ2) is 21.6. The fraction of sp³-hybridized carbons (Fsp3) is 0.340. The van der Waals surface area contributed by atoms with Crippen molar-refractivity contribution in [3.63, 3.8) is 0 Å². The fourth-order valence-corrected chi connectivity index (χ4v) is 8.17. The number of carbonyl (C=O) groups excluding carboxylic acids is 7. The van der Waals surface area contributed by atoms with Gasteiger partial charge in [-0.1, -0.05) is 23.7 Å². The van der Waals surface area contributed by atoms with Gasteiger partial charge < -0.3 is 28.4 Å². The fourth-order valence-electron chi connectivity index (χ4n) is 7.21. The third kappa shape index (κ3) is 13.2. The highest BCUT2D eigenvalue weighted by Crippen LogP contribution is 2.35. The molecular weight excluding hydrogens is 840 g/mol. The Kier molecular flexibility index (Phi) is 15.8. The molecule has 0 unspecified atom stereocenters. The second-order valence-electron chi connectivity index (χ2n) is 15.1. The Morgan fingerprint density at radius 3 is 1.48 bits per heavy atom. The van der Waals surface area contributed by atoms with Crippen molar-refractivity contribution in [1.82, 2.24) is 0 Å². The number of carbonyl (C=O) groups is 7. The van der Waals surface area contributed by atoms with Gasteiger partial charge in [-0.25, -0.2) is 0 Å². The molecule has 1 heterocycles. The van der Waals surface area contributed by atoms with E-state index in [4.69, 9.17) is 40.0 Å². The summed E-state index contributed by atoms with van der Waals surface area (Å²) in [5.74, 6) is -3.29. The first-order valence-electron chi connectivity index (χ1n) is 20.3. The van der Waals surface area contributed by atoms with E-state index in [2.05, 4.69) is 0 Å². The van der Waals surface area contributed by atoms with Crippen LogP contribution in [0, 0.1) is 23.7 Å². The molecule has 2 aliphatic carbocycles. The summed E-state index contributed by atoms with van der Waals surface area (Å²) in [5.41, 5.74) is 1.25. The molecule has 0 saturated heterocycles. The van der Waals surface area contributed by atoms with Gasteiger partial charge in [0, 0.05) is 25.8 Å². The topological polar surface area (TPSA) is 175 Å². The van der Waals surface area contributed by atoms with Gasteiger partial charge in [-0.15, -0.1) is 11.3 Å². The van der Waals surface area contributed by atoms with Crippen LogP contribution in [-0.4, -0.2) is 48.2 Å². The molecule has 15 heteroatoms. The van der Waals surface area contributed by atoms with E-state index in [9.17, 15) is 33.6 Å². The van der Waals surface area contributed by atoms with E-state index in [-0.39, 0.29) is 41.7 Å². The zero-order valence-corrected chi connectivity index (χ0v) is 35.7. The van der Waals surface area contributed by atoms with E-state index in [0.29, 0.717) is 89.8 Å². The number of benzene rings is 3. The maximum Gasteiger partial charge on any atom is 0.314 e. The Bertz CT molecular complexity index is 2300. The van der Waals surface area contributed by atoms with Gasteiger partial charge in [-0.3, -0.25) is 33.6 Å². The lowest BCUT2D eigenvalue weighted by Gasteiger charge is -2.26. The number of ketones is 1. The molecule has 0 atom stereocenters. The third-order valence-corrected chi connectivity index (χ3v) is 11.8. The molecular formula is C47H45ClO13S. The van der Waals surface area contributed by atoms with Crippen LogP contribution in [0.3, 0.4) is 0 Å². The molecule has 4 aromatic rings. The molecule has 2 fully saturated rings. The lowest BCUT2D eigenvalue weighted by Crippen LogP contribution is -2.30. The van der Waals surface area contributed by atoms with Crippen LogP contribution < -0.4 is 23.7 Å². The lowest BCUT2D eigenvalue weighted by molar-refractivity contribution is -0.145. The zero-order valence-electron chi connectivity index (χ0n) is 34.1. The van der Waals surface area contributed by atoms with Crippen molar-refractivity contribution < 1.29 is 62.0 Å². The SMILES string of the molecule is CC(=O)OCCc1ccc(OC(=O)C2CCC(C(=O)Oc3ccc(OC(=O)C4CCC(C(=O)Oc5ccc(OC(C)=O)cc5)CC4)c(/C=C/C(=O)c4ccc(Cl)s4)c3)CC2)cc1. The molecule has 0 spiro atoms. The minimum absolute atomic E-state index is 0.150. The zero-order chi connectivity index (χ0) is 44.2. The van der Waals surface area contributed by atoms with Crippen molar-refractivity contribution >= 4 is 70.6 Å². The quantitative estimate of drug-likeness (QED) is 0.0479. The van der Waals surface area contributed by atoms with E-state index in [1.807, 2.05) is 12.1 Å². The first kappa shape index (κ1) is 45.4. The molecule has 3 aromatic carbocycles. The van der Waals surface area contributed by atoms with Crippen LogP contribution in [0.1, 0.15) is 86.0 Å². The van der Waals surface area contributed by atoms with E-state index in [1.54, 1.807) is 24.3 Å². The molecule has 324 valence electrons. The monoisotopic (exact) mass is 884 g/mol. The normalized spacial score (nSPS) is 18.6. The standard InChI is InChI=1S/C47H45ClO13S/c1-28(49)56-26-25-30-3-14-37(15-4-30)58-44(52)31-5-7-33(8-6-31)46(54)60-39-20-22-41(35(27-39)13-21-40(51)42-23-24-43(48)62-42)61-47(55)34-11-9-32(10-12-34)45(53)59-38-18-16-36(17-19-38)57-29(2)50/h3-4,13-24,27,31-34H,5-12,25-26H2,1-2H3/b21-13+. The molecule has 6 rings (SSSR count). The maximum absolute atomic E-state index is 13.5. The van der Waals surface area contributed by atoms with Crippen molar-refractivity contribution in [3.8, 4) is 28.7 Å². The van der Waals surface area contributed by atoms with Crippen LogP contribution in [-0.2, 0) is 39.9 Å². The summed E-state index contributed by atoms with van der Waals surface area (Å²) >= 11 is 7.16. The van der Waals surface area contributed by atoms with Gasteiger partial charge in [0.25, 0.3) is 0 Å². The van der Waals surface area contributed by atoms with Crippen molar-refractivity contribution in [2.75, 3.05) is 6.61 Å². The van der Waals surface area contributed by atoms with Crippen molar-refractivity contribution in [2.45, 2.75) is 71.6 Å². The van der Waals surface area contributed by atoms with Gasteiger partial charge in [-0.2, -0.15) is 0 Å². The number of thiophene rings is 1. The lowest BCUT2D eigenvalue weighted by atomic mass is 9.82. The van der Waals surface area contributed by atoms with Gasteiger partial charge in [0.15, 0.2) is 5.78 Å². The number of hydrogen-bond acceptors (Lipinski definition) is 14. The summed E-state index contributed by atoms with van der Waals surface area (Å²) in [5, 5.41) is 0. The molecule has 2 saturated carbocycles. The number of allylic oxidation sites excluding steroid dienone is 1. The van der Waals surface area contributed by atoms with E-state index in [0.717, 1.165) is 16.9 Å². The minimum atomic E-state index is -0.503. The summed E-state index contributed by atoms with van der Waals surface area (Å²) in [6, 6.07) is 20.9. The van der Waals surface area contributed by atoms with Gasteiger partial charge in [0.05, 0.1) is 39.5 Å². The van der Waals surface area contributed by atoms with Crippen LogP contribution in [0.4, 0.5) is 0 Å². The number of halogens is 1. The van der Waals surface area contributed by atoms with Gasteiger partial charge in [-0.05, 0) is 136 Å². The van der Waals surface area contributed by atoms with E-state index < -0.39 is 41.6 Å². The van der Waals surface area contributed by atoms with Gasteiger partial charge in [0.2, 0.25) is 0 Å². The number of esters is 6. The summed E-state index contributed by atoms with van der Waals surface area (Å²) in [7, 11) is 0. The Balaban J connectivity index is 1.03. The molecule has 0 amide bonds. The molecule has 1 aromatic heterocycles. The summed E-state index contributed by atoms with van der Waals surface area (Å²) in [4.78, 5) is 88.2. The van der Waals surface area contributed by atoms with E-state index in [1.165, 1.54) is 68.5 Å². The van der Waals surface area contributed by atoms with Crippen molar-refractivity contribution in [1.29, 1.82) is 0 Å². The molecule has 2 aliphatic rings. The molecule has 0 aliphatic heterocycles. The van der Waals surface area contributed by atoms with Crippen LogP contribution in [0.2, 0.25) is 4.34 Å². The average molecular weight is 885 g/mol. The minimum Gasteiger partial charge on any atom is -0.466 e. The molecule has 13 nitrogen and oxygen atoms in total. The third-order valence-electron chi connectivity index (χ3n) is 10.6. The Hall–Kier alpha value is -6.12. The van der Waals surface area contributed by atoms with Crippen LogP contribution in [0.5, 0.6) is 28.7 Å². The predicted octanol–water partition coefficient (Wildman–Crippen LogP) is 8.96. The highest BCUT2D eigenvalue weighted by Gasteiger charge is 2.34. The number of ether oxygens (including phenoxy) is 6. The molecule has 0 N–H and O–H groups in total. The Morgan fingerprint density at radius 2 is 1.02 bits per heavy atom. The first-order chi connectivity index (χ1) is 29.8. The Morgan fingerprint density at radius 1 is 0.565 bits per heavy atom. The molecule has 62 heavy (non-hydrogen) atoms. The summed E-state index contributed by atoms with van der Waals surface area (Å²) < 4.78 is 33.2. The molecule has 0 radical (unpaired) electrons.